The van der Waals surface area contributed by atoms with Crippen LogP contribution in [0.3, 0.4) is 0 Å². The maximum Gasteiger partial charge on any atom is 0.408 e. The fourth-order valence-corrected chi connectivity index (χ4v) is 5.12. The molecule has 2 aromatic carbocycles. The van der Waals surface area contributed by atoms with E-state index in [9.17, 15) is 22.4 Å². The zero-order valence-electron chi connectivity index (χ0n) is 20.4. The van der Waals surface area contributed by atoms with Gasteiger partial charge in [-0.25, -0.2) is 17.6 Å². The van der Waals surface area contributed by atoms with Crippen LogP contribution in [0.4, 0.5) is 9.18 Å². The summed E-state index contributed by atoms with van der Waals surface area (Å²) in [6.07, 6.45) is 0.142. The third-order valence-corrected chi connectivity index (χ3v) is 7.22. The first-order valence-electron chi connectivity index (χ1n) is 11.6. The van der Waals surface area contributed by atoms with Crippen molar-refractivity contribution in [2.24, 2.45) is 0 Å². The highest BCUT2D eigenvalue weighted by Gasteiger charge is 2.29. The summed E-state index contributed by atoms with van der Waals surface area (Å²) in [5.74, 6) is -0.786. The smallest absolute Gasteiger partial charge is 0.408 e. The molecule has 2 aromatic rings. The Morgan fingerprint density at radius 1 is 1.11 bits per heavy atom. The van der Waals surface area contributed by atoms with E-state index < -0.39 is 33.3 Å². The highest BCUT2D eigenvalue weighted by atomic mass is 32.2. The second kappa shape index (κ2) is 9.96. The predicted molar refractivity (Wildman–Crippen MR) is 129 cm³/mol. The number of rotatable bonds is 5. The quantitative estimate of drug-likeness (QED) is 0.642. The molecule has 0 atom stereocenters. The fourth-order valence-electron chi connectivity index (χ4n) is 4.01. The fraction of sp³-hybridized carbons (Fsp3) is 0.440. The number of amides is 2. The number of likely N-dealkylation sites (tertiary alicyclic amines) is 1. The summed E-state index contributed by atoms with van der Waals surface area (Å²) in [6.45, 7) is 5.93. The van der Waals surface area contributed by atoms with Gasteiger partial charge >= 0.3 is 6.09 Å². The van der Waals surface area contributed by atoms with Crippen molar-refractivity contribution in [3.05, 3.63) is 42.2 Å². The molecule has 0 bridgehead atoms. The Balaban J connectivity index is 1.30. The van der Waals surface area contributed by atoms with Crippen molar-refractivity contribution in [3.8, 4) is 22.6 Å². The Hall–Kier alpha value is -3.34. The van der Waals surface area contributed by atoms with Crippen LogP contribution in [0.15, 0.2) is 41.3 Å². The van der Waals surface area contributed by atoms with Crippen LogP contribution in [-0.4, -0.2) is 62.6 Å². The minimum Gasteiger partial charge on any atom is -0.487 e. The number of nitrogens with zero attached hydrogens (tertiary/aromatic N) is 1. The Bertz CT molecular complexity index is 1270. The first kappa shape index (κ1) is 25.7. The number of carbonyl (C=O) groups is 2. The lowest BCUT2D eigenvalue weighted by atomic mass is 10.0. The van der Waals surface area contributed by atoms with Crippen molar-refractivity contribution in [3.63, 3.8) is 0 Å². The number of piperidine rings is 1. The van der Waals surface area contributed by atoms with Crippen LogP contribution in [0.5, 0.6) is 11.5 Å². The zero-order valence-corrected chi connectivity index (χ0v) is 21.2. The highest BCUT2D eigenvalue weighted by molar-refractivity contribution is 7.91. The summed E-state index contributed by atoms with van der Waals surface area (Å²) in [5.41, 5.74) is 0.547. The number of benzene rings is 2. The number of halogens is 1. The maximum absolute atomic E-state index is 14.8. The van der Waals surface area contributed by atoms with E-state index in [0.29, 0.717) is 37.1 Å². The molecule has 2 heterocycles. The predicted octanol–water partition coefficient (Wildman–Crippen LogP) is 3.51. The van der Waals surface area contributed by atoms with E-state index in [0.717, 1.165) is 0 Å². The summed E-state index contributed by atoms with van der Waals surface area (Å²) in [4.78, 5) is 25.9. The van der Waals surface area contributed by atoms with Crippen LogP contribution < -0.4 is 14.8 Å². The van der Waals surface area contributed by atoms with Crippen molar-refractivity contribution in [1.82, 2.24) is 10.2 Å². The largest absolute Gasteiger partial charge is 0.487 e. The average Bonchev–Trinajstić information content (AvgIpc) is 3.12. The van der Waals surface area contributed by atoms with Crippen molar-refractivity contribution in [2.45, 2.75) is 50.2 Å². The van der Waals surface area contributed by atoms with E-state index >= 15 is 0 Å². The zero-order chi connectivity index (χ0) is 26.1. The average molecular weight is 521 g/mol. The first-order chi connectivity index (χ1) is 16.9. The molecule has 0 unspecified atom stereocenters. The topological polar surface area (TPSA) is 111 Å². The third kappa shape index (κ3) is 6.07. The molecule has 9 nitrogen and oxygen atoms in total. The molecule has 1 saturated heterocycles. The Morgan fingerprint density at radius 2 is 1.78 bits per heavy atom. The van der Waals surface area contributed by atoms with Gasteiger partial charge in [0, 0.05) is 25.9 Å². The molecule has 36 heavy (non-hydrogen) atoms. The lowest BCUT2D eigenvalue weighted by molar-refractivity contribution is -0.132. The number of hydrogen-bond acceptors (Lipinski definition) is 7. The van der Waals surface area contributed by atoms with Crippen LogP contribution in [0.1, 0.15) is 33.6 Å². The number of hydrogen-bond donors (Lipinski definition) is 1. The number of alkyl carbamates (subject to hydrolysis) is 1. The summed E-state index contributed by atoms with van der Waals surface area (Å²) < 4.78 is 54.9. The van der Waals surface area contributed by atoms with Gasteiger partial charge in [0.15, 0.2) is 17.5 Å². The molecule has 0 aromatic heterocycles. The summed E-state index contributed by atoms with van der Waals surface area (Å²) in [7, 11) is -3.42. The van der Waals surface area contributed by atoms with Gasteiger partial charge < -0.3 is 24.4 Å². The van der Waals surface area contributed by atoms with E-state index in [4.69, 9.17) is 14.2 Å². The van der Waals surface area contributed by atoms with Crippen LogP contribution in [-0.2, 0) is 19.4 Å². The van der Waals surface area contributed by atoms with E-state index in [2.05, 4.69) is 5.32 Å². The van der Waals surface area contributed by atoms with E-state index in [-0.39, 0.29) is 35.0 Å². The lowest BCUT2D eigenvalue weighted by Crippen LogP contribution is -2.46. The molecular weight excluding hydrogens is 491 g/mol. The van der Waals surface area contributed by atoms with Crippen molar-refractivity contribution in [2.75, 3.05) is 25.6 Å². The van der Waals surface area contributed by atoms with Gasteiger partial charge in [0.25, 0.3) is 0 Å². The molecule has 0 spiro atoms. The van der Waals surface area contributed by atoms with Gasteiger partial charge in [-0.15, -0.1) is 0 Å². The molecule has 194 valence electrons. The molecular formula is C25H29FN2O7S. The lowest BCUT2D eigenvalue weighted by Gasteiger charge is -2.32. The number of sulfone groups is 1. The van der Waals surface area contributed by atoms with Gasteiger partial charge in [-0.2, -0.15) is 0 Å². The molecule has 11 heteroatoms. The molecule has 4 rings (SSSR count). The molecule has 0 aliphatic carbocycles. The Kier molecular flexibility index (Phi) is 7.12. The summed E-state index contributed by atoms with van der Waals surface area (Å²) in [5, 5.41) is 2.46. The van der Waals surface area contributed by atoms with Crippen molar-refractivity contribution in [1.29, 1.82) is 0 Å². The molecule has 0 saturated carbocycles. The normalized spacial score (nSPS) is 17.2. The SMILES string of the molecule is CC(C)(C)OC(=O)NCC(=O)N1CCC(Oc2ccc(-c3ccc4c(c3)OCS4(=O)=O)cc2F)CC1. The molecule has 1 fully saturated rings. The van der Waals surface area contributed by atoms with Crippen LogP contribution in [0.2, 0.25) is 0 Å². The highest BCUT2D eigenvalue weighted by Crippen LogP contribution is 2.36. The second-order valence-electron chi connectivity index (χ2n) is 9.74. The van der Waals surface area contributed by atoms with Crippen LogP contribution in [0, 0.1) is 5.82 Å². The summed E-state index contributed by atoms with van der Waals surface area (Å²) >= 11 is 0. The first-order valence-corrected chi connectivity index (χ1v) is 13.3. The molecule has 2 aliphatic rings. The van der Waals surface area contributed by atoms with E-state index in [1.807, 2.05) is 0 Å². The molecule has 0 radical (unpaired) electrons. The molecule has 1 N–H and O–H groups in total. The number of carbonyl (C=O) groups excluding carboxylic acids is 2. The minimum absolute atomic E-state index is 0.107. The van der Waals surface area contributed by atoms with Crippen LogP contribution in [0.25, 0.3) is 11.1 Å². The van der Waals surface area contributed by atoms with E-state index in [1.165, 1.54) is 18.2 Å². The van der Waals surface area contributed by atoms with E-state index in [1.54, 1.807) is 43.9 Å². The number of ether oxygens (including phenoxy) is 3. The van der Waals surface area contributed by atoms with Gasteiger partial charge in [0.05, 0.1) is 0 Å². The third-order valence-electron chi connectivity index (χ3n) is 5.78. The van der Waals surface area contributed by atoms with Gasteiger partial charge in [-0.05, 0) is 56.2 Å². The maximum atomic E-state index is 14.8. The summed E-state index contributed by atoms with van der Waals surface area (Å²) in [6, 6.07) is 9.24. The Labute approximate surface area is 209 Å². The standard InChI is InChI=1S/C25H29FN2O7S/c1-25(2,3)35-24(30)27-14-23(29)28-10-8-18(9-11-28)34-20-6-4-16(12-19(20)26)17-5-7-22-21(13-17)33-15-36(22,31)32/h4-7,12-13,18H,8-11,14-15H2,1-3H3,(H,27,30). The van der Waals surface area contributed by atoms with Crippen molar-refractivity contribution >= 4 is 21.8 Å². The Morgan fingerprint density at radius 3 is 2.44 bits per heavy atom. The minimum atomic E-state index is -3.42. The van der Waals surface area contributed by atoms with Gasteiger partial charge in [0.1, 0.15) is 28.9 Å². The number of nitrogens with one attached hydrogen (secondary N) is 1. The molecule has 2 amide bonds. The monoisotopic (exact) mass is 520 g/mol. The second-order valence-corrected chi connectivity index (χ2v) is 11.6. The van der Waals surface area contributed by atoms with Crippen LogP contribution >= 0.6 is 0 Å². The van der Waals surface area contributed by atoms with Gasteiger partial charge in [-0.1, -0.05) is 12.1 Å². The van der Waals surface area contributed by atoms with Gasteiger partial charge in [0.2, 0.25) is 15.7 Å². The van der Waals surface area contributed by atoms with Crippen molar-refractivity contribution < 1.29 is 36.6 Å². The van der Waals surface area contributed by atoms with Gasteiger partial charge in [-0.3, -0.25) is 4.79 Å². The number of fused-ring (bicyclic) bond motifs is 1. The molecule has 2 aliphatic heterocycles.